The SMILES string of the molecule is O=c1cc[nH]cc1S(=O)(=O)NCC1CCCCS1. The summed E-state index contributed by atoms with van der Waals surface area (Å²) >= 11 is 1.79. The minimum absolute atomic E-state index is 0.217. The molecule has 18 heavy (non-hydrogen) atoms. The van der Waals surface area contributed by atoms with Crippen LogP contribution >= 0.6 is 11.8 Å². The van der Waals surface area contributed by atoms with Crippen molar-refractivity contribution < 1.29 is 8.42 Å². The first-order chi connectivity index (χ1) is 8.59. The van der Waals surface area contributed by atoms with Gasteiger partial charge in [-0.2, -0.15) is 11.8 Å². The Morgan fingerprint density at radius 2 is 2.28 bits per heavy atom. The third kappa shape index (κ3) is 3.37. The van der Waals surface area contributed by atoms with Gasteiger partial charge >= 0.3 is 0 Å². The highest BCUT2D eigenvalue weighted by atomic mass is 32.2. The van der Waals surface area contributed by atoms with Crippen LogP contribution < -0.4 is 10.2 Å². The van der Waals surface area contributed by atoms with Crippen molar-refractivity contribution in [3.8, 4) is 0 Å². The van der Waals surface area contributed by atoms with E-state index in [4.69, 9.17) is 0 Å². The third-order valence-corrected chi connectivity index (χ3v) is 5.70. The number of aromatic nitrogens is 1. The Kier molecular flexibility index (Phi) is 4.47. The molecule has 0 amide bonds. The summed E-state index contributed by atoms with van der Waals surface area (Å²) in [4.78, 5) is 13.9. The van der Waals surface area contributed by atoms with Crippen LogP contribution in [0.4, 0.5) is 0 Å². The van der Waals surface area contributed by atoms with Gasteiger partial charge in [-0.15, -0.1) is 0 Å². The van der Waals surface area contributed by atoms with Crippen LogP contribution in [0.15, 0.2) is 28.2 Å². The van der Waals surface area contributed by atoms with Crippen LogP contribution in [0.25, 0.3) is 0 Å². The van der Waals surface area contributed by atoms with E-state index in [1.807, 2.05) is 0 Å². The van der Waals surface area contributed by atoms with Gasteiger partial charge in [0.05, 0.1) is 0 Å². The number of H-pyrrole nitrogens is 1. The van der Waals surface area contributed by atoms with E-state index in [0.717, 1.165) is 18.6 Å². The molecule has 0 saturated carbocycles. The van der Waals surface area contributed by atoms with Crippen LogP contribution in [0.1, 0.15) is 19.3 Å². The van der Waals surface area contributed by atoms with E-state index in [-0.39, 0.29) is 4.90 Å². The van der Waals surface area contributed by atoms with E-state index in [2.05, 4.69) is 9.71 Å². The smallest absolute Gasteiger partial charge is 0.245 e. The summed E-state index contributed by atoms with van der Waals surface area (Å²) in [5, 5.41) is 0.316. The molecule has 5 nitrogen and oxygen atoms in total. The van der Waals surface area contributed by atoms with E-state index in [1.54, 1.807) is 11.8 Å². The Morgan fingerprint density at radius 1 is 1.44 bits per heavy atom. The first kappa shape index (κ1) is 13.6. The summed E-state index contributed by atoms with van der Waals surface area (Å²) in [5.41, 5.74) is -0.488. The topological polar surface area (TPSA) is 79.0 Å². The minimum Gasteiger partial charge on any atom is -0.366 e. The van der Waals surface area contributed by atoms with E-state index < -0.39 is 15.5 Å². The van der Waals surface area contributed by atoms with Gasteiger partial charge in [0.2, 0.25) is 15.5 Å². The van der Waals surface area contributed by atoms with Crippen molar-refractivity contribution in [2.45, 2.75) is 29.4 Å². The van der Waals surface area contributed by atoms with Crippen LogP contribution in [-0.4, -0.2) is 30.9 Å². The molecule has 1 aliphatic heterocycles. The maximum atomic E-state index is 12.0. The lowest BCUT2D eigenvalue weighted by Crippen LogP contribution is -2.34. The van der Waals surface area contributed by atoms with Crippen LogP contribution in [0.2, 0.25) is 0 Å². The molecule has 0 radical (unpaired) electrons. The molecular formula is C11H16N2O3S2. The Bertz CT molecular complexity index is 547. The molecule has 0 bridgehead atoms. The van der Waals surface area contributed by atoms with Gasteiger partial charge in [-0.05, 0) is 18.6 Å². The molecular weight excluding hydrogens is 272 g/mol. The van der Waals surface area contributed by atoms with Gasteiger partial charge in [0.25, 0.3) is 0 Å². The van der Waals surface area contributed by atoms with Gasteiger partial charge in [-0.25, -0.2) is 13.1 Å². The quantitative estimate of drug-likeness (QED) is 0.864. The molecule has 2 heterocycles. The van der Waals surface area contributed by atoms with Crippen molar-refractivity contribution in [3.05, 3.63) is 28.7 Å². The molecule has 1 unspecified atom stereocenters. The standard InChI is InChI=1S/C11H16N2O3S2/c14-10-4-5-12-8-11(10)18(15,16)13-7-9-3-1-2-6-17-9/h4-5,8-9,13H,1-3,6-7H2,(H,12,14). The predicted octanol–water partition coefficient (Wildman–Crippen LogP) is 0.939. The van der Waals surface area contributed by atoms with Gasteiger partial charge in [-0.3, -0.25) is 4.79 Å². The Balaban J connectivity index is 2.03. The zero-order valence-corrected chi connectivity index (χ0v) is 11.5. The van der Waals surface area contributed by atoms with Crippen molar-refractivity contribution >= 4 is 21.8 Å². The van der Waals surface area contributed by atoms with Crippen molar-refractivity contribution in [1.82, 2.24) is 9.71 Å². The molecule has 1 fully saturated rings. The van der Waals surface area contributed by atoms with Gasteiger partial charge in [-0.1, -0.05) is 6.42 Å². The minimum atomic E-state index is -3.70. The van der Waals surface area contributed by atoms with Crippen molar-refractivity contribution in [3.63, 3.8) is 0 Å². The molecule has 1 aromatic rings. The number of thioether (sulfide) groups is 1. The summed E-state index contributed by atoms with van der Waals surface area (Å²) in [6, 6.07) is 1.21. The first-order valence-electron chi connectivity index (χ1n) is 5.88. The normalized spacial score (nSPS) is 20.8. The summed E-state index contributed by atoms with van der Waals surface area (Å²) in [6.45, 7) is 0.390. The lowest BCUT2D eigenvalue weighted by Gasteiger charge is -2.21. The number of nitrogens with one attached hydrogen (secondary N) is 2. The highest BCUT2D eigenvalue weighted by molar-refractivity contribution is 8.00. The fourth-order valence-electron chi connectivity index (χ4n) is 1.86. The lowest BCUT2D eigenvalue weighted by molar-refractivity contribution is 0.572. The first-order valence-corrected chi connectivity index (χ1v) is 8.41. The molecule has 0 aliphatic carbocycles. The summed E-state index contributed by atoms with van der Waals surface area (Å²) < 4.78 is 26.4. The van der Waals surface area contributed by atoms with Crippen LogP contribution in [0.3, 0.4) is 0 Å². The fraction of sp³-hybridized carbons (Fsp3) is 0.545. The number of rotatable bonds is 4. The third-order valence-electron chi connectivity index (χ3n) is 2.85. The number of aromatic amines is 1. The maximum absolute atomic E-state index is 12.0. The number of hydrogen-bond donors (Lipinski definition) is 2. The Hall–Kier alpha value is -0.790. The molecule has 1 saturated heterocycles. The second kappa shape index (κ2) is 5.90. The molecule has 0 aromatic carbocycles. The molecule has 2 N–H and O–H groups in total. The van der Waals surface area contributed by atoms with Gasteiger partial charge < -0.3 is 4.98 Å². The van der Waals surface area contributed by atoms with Crippen molar-refractivity contribution in [2.75, 3.05) is 12.3 Å². The lowest BCUT2D eigenvalue weighted by atomic mass is 10.2. The van der Waals surface area contributed by atoms with Crippen molar-refractivity contribution in [2.24, 2.45) is 0 Å². The molecule has 0 spiro atoms. The van der Waals surface area contributed by atoms with Gasteiger partial charge in [0.1, 0.15) is 4.90 Å². The van der Waals surface area contributed by atoms with Gasteiger partial charge in [0.15, 0.2) is 0 Å². The Morgan fingerprint density at radius 3 is 2.94 bits per heavy atom. The second-order valence-corrected chi connectivity index (χ2v) is 7.36. The zero-order valence-electron chi connectivity index (χ0n) is 9.89. The summed E-state index contributed by atoms with van der Waals surface area (Å²) in [5.74, 6) is 1.08. The van der Waals surface area contributed by atoms with Crippen LogP contribution in [-0.2, 0) is 10.0 Å². The zero-order chi connectivity index (χ0) is 13.0. The largest absolute Gasteiger partial charge is 0.366 e. The molecule has 1 aromatic heterocycles. The summed E-state index contributed by atoms with van der Waals surface area (Å²) in [7, 11) is -3.70. The monoisotopic (exact) mass is 288 g/mol. The van der Waals surface area contributed by atoms with Crippen molar-refractivity contribution in [1.29, 1.82) is 0 Å². The second-order valence-electron chi connectivity index (χ2n) is 4.21. The molecule has 1 atom stereocenters. The van der Waals surface area contributed by atoms with Crippen LogP contribution in [0, 0.1) is 0 Å². The number of hydrogen-bond acceptors (Lipinski definition) is 4. The highest BCUT2D eigenvalue weighted by Gasteiger charge is 2.20. The average Bonchev–Trinajstić information content (AvgIpc) is 2.38. The van der Waals surface area contributed by atoms with E-state index in [1.165, 1.54) is 24.9 Å². The molecule has 7 heteroatoms. The van der Waals surface area contributed by atoms with Crippen LogP contribution in [0.5, 0.6) is 0 Å². The average molecular weight is 288 g/mol. The highest BCUT2D eigenvalue weighted by Crippen LogP contribution is 2.24. The van der Waals surface area contributed by atoms with E-state index in [0.29, 0.717) is 11.8 Å². The van der Waals surface area contributed by atoms with E-state index >= 15 is 0 Å². The molecule has 1 aliphatic rings. The number of sulfonamides is 1. The summed E-state index contributed by atoms with van der Waals surface area (Å²) in [6.07, 6.45) is 6.01. The molecule has 100 valence electrons. The Labute approximate surface area is 110 Å². The van der Waals surface area contributed by atoms with E-state index in [9.17, 15) is 13.2 Å². The van der Waals surface area contributed by atoms with Gasteiger partial charge in [0, 0.05) is 30.3 Å². The maximum Gasteiger partial charge on any atom is 0.245 e. The molecule has 2 rings (SSSR count). The number of pyridine rings is 1. The fourth-order valence-corrected chi connectivity index (χ4v) is 4.34. The predicted molar refractivity (Wildman–Crippen MR) is 72.3 cm³/mol.